The first-order chi connectivity index (χ1) is 9.58. The molecule has 2 heteroatoms. The lowest BCUT2D eigenvalue weighted by Gasteiger charge is -2.20. The minimum Gasteiger partial charge on any atom is -0.506 e. The summed E-state index contributed by atoms with van der Waals surface area (Å²) < 4.78 is 0. The van der Waals surface area contributed by atoms with Gasteiger partial charge in [-0.2, -0.15) is 0 Å². The van der Waals surface area contributed by atoms with E-state index in [1.807, 2.05) is 13.0 Å². The van der Waals surface area contributed by atoms with Gasteiger partial charge in [0.15, 0.2) is 0 Å². The Morgan fingerprint density at radius 2 is 1.35 bits per heavy atom. The molecule has 2 aromatic rings. The summed E-state index contributed by atoms with van der Waals surface area (Å²) in [6.45, 7) is 10.7. The zero-order valence-electron chi connectivity index (χ0n) is 13.3. The van der Waals surface area contributed by atoms with Gasteiger partial charge < -0.3 is 5.11 Å². The molecule has 0 bridgehead atoms. The Kier molecular flexibility index (Phi) is 4.32. The molecular weight excluding hydrogens is 246 g/mol. The van der Waals surface area contributed by atoms with E-state index < -0.39 is 0 Å². The predicted molar refractivity (Wildman–Crippen MR) is 85.7 cm³/mol. The topological polar surface area (TPSA) is 33.1 Å². The Balaban J connectivity index is 3.01. The van der Waals surface area contributed by atoms with Crippen molar-refractivity contribution in [1.29, 1.82) is 0 Å². The van der Waals surface area contributed by atoms with Gasteiger partial charge in [-0.15, -0.1) is 0 Å². The van der Waals surface area contributed by atoms with Gasteiger partial charge in [-0.25, -0.2) is 4.98 Å². The normalized spacial score (nSPS) is 11.2. The van der Waals surface area contributed by atoms with Crippen LogP contribution in [0.15, 0.2) is 6.07 Å². The number of aromatic nitrogens is 1. The third-order valence-electron chi connectivity index (χ3n) is 4.30. The molecule has 0 fully saturated rings. The van der Waals surface area contributed by atoms with E-state index in [0.29, 0.717) is 5.75 Å². The van der Waals surface area contributed by atoms with Gasteiger partial charge >= 0.3 is 0 Å². The zero-order chi connectivity index (χ0) is 14.9. The fourth-order valence-electron chi connectivity index (χ4n) is 3.36. The molecule has 0 radical (unpaired) electrons. The van der Waals surface area contributed by atoms with E-state index in [1.165, 1.54) is 22.3 Å². The van der Waals surface area contributed by atoms with E-state index in [0.717, 1.165) is 42.3 Å². The van der Waals surface area contributed by atoms with Crippen molar-refractivity contribution in [3.8, 4) is 5.75 Å². The summed E-state index contributed by atoms with van der Waals surface area (Å²) in [6, 6.07) is 1.91. The minimum absolute atomic E-state index is 0.306. The van der Waals surface area contributed by atoms with Crippen LogP contribution in [0, 0.1) is 6.92 Å². The molecule has 2 rings (SSSR count). The highest BCUT2D eigenvalue weighted by molar-refractivity contribution is 5.89. The van der Waals surface area contributed by atoms with E-state index >= 15 is 0 Å². The quantitative estimate of drug-likeness (QED) is 0.888. The van der Waals surface area contributed by atoms with Crippen LogP contribution < -0.4 is 0 Å². The third kappa shape index (κ3) is 2.17. The van der Waals surface area contributed by atoms with Crippen molar-refractivity contribution in [3.05, 3.63) is 34.0 Å². The van der Waals surface area contributed by atoms with Crippen LogP contribution in [0.2, 0.25) is 0 Å². The second-order valence-electron chi connectivity index (χ2n) is 5.32. The Morgan fingerprint density at radius 1 is 0.850 bits per heavy atom. The average Bonchev–Trinajstić information content (AvgIpc) is 2.46. The smallest absolute Gasteiger partial charge is 0.137 e. The van der Waals surface area contributed by atoms with E-state index in [2.05, 4.69) is 32.7 Å². The number of rotatable bonds is 4. The molecule has 0 aliphatic rings. The Labute approximate surface area is 121 Å². The highest BCUT2D eigenvalue weighted by Crippen LogP contribution is 2.34. The summed E-state index contributed by atoms with van der Waals surface area (Å²) in [5.41, 5.74) is 7.47. The molecule has 0 amide bonds. The van der Waals surface area contributed by atoms with Crippen LogP contribution in [-0.4, -0.2) is 10.1 Å². The third-order valence-corrected chi connectivity index (χ3v) is 4.30. The van der Waals surface area contributed by atoms with Crippen molar-refractivity contribution in [2.24, 2.45) is 0 Å². The van der Waals surface area contributed by atoms with Gasteiger partial charge in [-0.3, -0.25) is 0 Å². The van der Waals surface area contributed by atoms with Gasteiger partial charge in [0, 0.05) is 5.39 Å². The molecule has 0 atom stereocenters. The van der Waals surface area contributed by atoms with Gasteiger partial charge in [-0.05, 0) is 60.9 Å². The molecule has 1 heterocycles. The second-order valence-corrected chi connectivity index (χ2v) is 5.32. The van der Waals surface area contributed by atoms with Gasteiger partial charge in [-0.1, -0.05) is 27.7 Å². The molecule has 0 saturated carbocycles. The zero-order valence-corrected chi connectivity index (χ0v) is 13.3. The van der Waals surface area contributed by atoms with Gasteiger partial charge in [0.05, 0.1) is 11.2 Å². The summed E-state index contributed by atoms with van der Waals surface area (Å²) in [5, 5.41) is 11.2. The molecule has 1 N–H and O–H groups in total. The lowest BCUT2D eigenvalue weighted by molar-refractivity contribution is 0.469. The average molecular weight is 271 g/mol. The first-order valence-electron chi connectivity index (χ1n) is 7.74. The summed E-state index contributed by atoms with van der Waals surface area (Å²) >= 11 is 0. The number of hydrogen-bond acceptors (Lipinski definition) is 2. The molecule has 1 aromatic carbocycles. The van der Waals surface area contributed by atoms with Crippen molar-refractivity contribution in [1.82, 2.24) is 4.98 Å². The Bertz CT molecular complexity index is 587. The summed E-state index contributed by atoms with van der Waals surface area (Å²) in [5.74, 6) is 0.306. The number of aromatic hydroxyl groups is 1. The maximum Gasteiger partial charge on any atom is 0.137 e. The maximum atomic E-state index is 10.0. The monoisotopic (exact) mass is 271 g/mol. The molecule has 2 nitrogen and oxygen atoms in total. The van der Waals surface area contributed by atoms with Gasteiger partial charge in [0.25, 0.3) is 0 Å². The highest BCUT2D eigenvalue weighted by Gasteiger charge is 2.17. The van der Waals surface area contributed by atoms with E-state index in [1.54, 1.807) is 0 Å². The van der Waals surface area contributed by atoms with Crippen LogP contribution in [0.3, 0.4) is 0 Å². The SMILES string of the molecule is CCc1c(CC)c(CC)c2nc(C)c(O)cc2c1CC. The standard InChI is InChI=1S/C18H25NO/c1-6-12-13(7-2)15(9-4)18-16(14(12)8-3)10-17(20)11(5)19-18/h10,20H,6-9H2,1-5H3. The van der Waals surface area contributed by atoms with E-state index in [4.69, 9.17) is 0 Å². The number of benzene rings is 1. The lowest BCUT2D eigenvalue weighted by Crippen LogP contribution is -2.06. The highest BCUT2D eigenvalue weighted by atomic mass is 16.3. The van der Waals surface area contributed by atoms with E-state index in [9.17, 15) is 5.11 Å². The van der Waals surface area contributed by atoms with Crippen LogP contribution in [0.25, 0.3) is 10.9 Å². The van der Waals surface area contributed by atoms with Crippen molar-refractivity contribution >= 4 is 10.9 Å². The van der Waals surface area contributed by atoms with Crippen LogP contribution in [-0.2, 0) is 25.7 Å². The fourth-order valence-corrected chi connectivity index (χ4v) is 3.36. The molecule has 0 aliphatic heterocycles. The van der Waals surface area contributed by atoms with Crippen molar-refractivity contribution in [3.63, 3.8) is 0 Å². The number of hydrogen-bond donors (Lipinski definition) is 1. The molecule has 1 aromatic heterocycles. The Morgan fingerprint density at radius 3 is 1.85 bits per heavy atom. The van der Waals surface area contributed by atoms with Crippen molar-refractivity contribution in [2.75, 3.05) is 0 Å². The van der Waals surface area contributed by atoms with Crippen molar-refractivity contribution < 1.29 is 5.11 Å². The van der Waals surface area contributed by atoms with Crippen LogP contribution in [0.4, 0.5) is 0 Å². The lowest BCUT2D eigenvalue weighted by atomic mass is 9.86. The largest absolute Gasteiger partial charge is 0.506 e. The van der Waals surface area contributed by atoms with E-state index in [-0.39, 0.29) is 0 Å². The molecule has 20 heavy (non-hydrogen) atoms. The van der Waals surface area contributed by atoms with Gasteiger partial charge in [0.2, 0.25) is 0 Å². The summed E-state index contributed by atoms with van der Waals surface area (Å²) in [4.78, 5) is 4.69. The Hall–Kier alpha value is -1.57. The molecule has 0 unspecified atom stereocenters. The first kappa shape index (κ1) is 14.8. The molecule has 0 aliphatic carbocycles. The number of nitrogens with zero attached hydrogens (tertiary/aromatic N) is 1. The second kappa shape index (κ2) is 5.82. The first-order valence-corrected chi connectivity index (χ1v) is 7.74. The maximum absolute atomic E-state index is 10.0. The van der Waals surface area contributed by atoms with Crippen LogP contribution >= 0.6 is 0 Å². The minimum atomic E-state index is 0.306. The van der Waals surface area contributed by atoms with Crippen LogP contribution in [0.5, 0.6) is 5.75 Å². The van der Waals surface area contributed by atoms with Gasteiger partial charge in [0.1, 0.15) is 5.75 Å². The predicted octanol–water partition coefficient (Wildman–Crippen LogP) is 4.50. The van der Waals surface area contributed by atoms with Crippen molar-refractivity contribution in [2.45, 2.75) is 60.3 Å². The molecule has 108 valence electrons. The summed E-state index contributed by atoms with van der Waals surface area (Å²) in [6.07, 6.45) is 4.08. The molecular formula is C18H25NO. The summed E-state index contributed by atoms with van der Waals surface area (Å²) in [7, 11) is 0. The number of pyridine rings is 1. The molecule has 0 saturated heterocycles. The van der Waals surface area contributed by atoms with Crippen LogP contribution in [0.1, 0.15) is 55.6 Å². The number of fused-ring (bicyclic) bond motifs is 1. The number of aryl methyl sites for hydroxylation is 3. The fraction of sp³-hybridized carbons (Fsp3) is 0.500. The molecule has 0 spiro atoms.